The summed E-state index contributed by atoms with van der Waals surface area (Å²) in [6.45, 7) is 8.25. The molecule has 0 aliphatic carbocycles. The number of benzene rings is 2. The Morgan fingerprint density at radius 2 is 1.90 bits per heavy atom. The van der Waals surface area contributed by atoms with Crippen molar-refractivity contribution >= 4 is 0 Å². The van der Waals surface area contributed by atoms with Crippen LogP contribution in [-0.4, -0.2) is 56.7 Å². The highest BCUT2D eigenvalue weighted by molar-refractivity contribution is 5.43. The summed E-state index contributed by atoms with van der Waals surface area (Å²) in [6, 6.07) is 17.2. The molecule has 1 atom stereocenters. The number of nitrogens with zero attached hydrogens (tertiary/aromatic N) is 2. The second-order valence-electron chi connectivity index (χ2n) is 8.16. The van der Waals surface area contributed by atoms with Gasteiger partial charge < -0.3 is 14.4 Å². The van der Waals surface area contributed by atoms with Gasteiger partial charge in [-0.2, -0.15) is 0 Å². The highest BCUT2D eigenvalue weighted by Crippen LogP contribution is 2.29. The molecule has 1 aliphatic heterocycles. The molecule has 4 heteroatoms. The van der Waals surface area contributed by atoms with Gasteiger partial charge in [-0.25, -0.2) is 0 Å². The van der Waals surface area contributed by atoms with Gasteiger partial charge in [-0.3, -0.25) is 4.90 Å². The van der Waals surface area contributed by atoms with Crippen molar-refractivity contribution in [2.45, 2.75) is 32.7 Å². The zero-order valence-electron chi connectivity index (χ0n) is 18.3. The minimum atomic E-state index is 0.645. The largest absolute Gasteiger partial charge is 0.493 e. The molecular weight excluding hydrogens is 360 g/mol. The normalized spacial score (nSPS) is 17.4. The van der Waals surface area contributed by atoms with E-state index < -0.39 is 0 Å². The quantitative estimate of drug-likeness (QED) is 0.591. The Bertz CT molecular complexity index is 735. The van der Waals surface area contributed by atoms with E-state index in [1.54, 1.807) is 7.11 Å². The molecule has 1 saturated heterocycles. The second-order valence-corrected chi connectivity index (χ2v) is 8.16. The molecule has 0 bridgehead atoms. The number of ether oxygens (including phenoxy) is 2. The van der Waals surface area contributed by atoms with E-state index in [4.69, 9.17) is 9.47 Å². The lowest BCUT2D eigenvalue weighted by molar-refractivity contribution is 0.148. The van der Waals surface area contributed by atoms with Crippen molar-refractivity contribution in [1.82, 2.24) is 9.80 Å². The maximum Gasteiger partial charge on any atom is 0.161 e. The monoisotopic (exact) mass is 396 g/mol. The second kappa shape index (κ2) is 11.2. The van der Waals surface area contributed by atoms with Gasteiger partial charge in [0.1, 0.15) is 0 Å². The third kappa shape index (κ3) is 6.76. The number of piperidine rings is 1. The summed E-state index contributed by atoms with van der Waals surface area (Å²) >= 11 is 0. The van der Waals surface area contributed by atoms with Crippen molar-refractivity contribution in [3.63, 3.8) is 0 Å². The zero-order valence-corrected chi connectivity index (χ0v) is 18.3. The van der Waals surface area contributed by atoms with Gasteiger partial charge in [0.05, 0.1) is 13.7 Å². The maximum absolute atomic E-state index is 5.79. The van der Waals surface area contributed by atoms with Crippen molar-refractivity contribution in [3.05, 3.63) is 59.7 Å². The smallest absolute Gasteiger partial charge is 0.161 e. The van der Waals surface area contributed by atoms with Gasteiger partial charge in [0, 0.05) is 26.2 Å². The van der Waals surface area contributed by atoms with Gasteiger partial charge in [0.2, 0.25) is 0 Å². The minimum absolute atomic E-state index is 0.645. The Morgan fingerprint density at radius 3 is 2.62 bits per heavy atom. The molecular formula is C25H36N2O2. The molecule has 2 aromatic carbocycles. The molecule has 1 heterocycles. The third-order valence-electron chi connectivity index (χ3n) is 5.73. The van der Waals surface area contributed by atoms with Crippen molar-refractivity contribution in [3.8, 4) is 11.5 Å². The molecule has 0 aromatic heterocycles. The predicted molar refractivity (Wildman–Crippen MR) is 120 cm³/mol. The van der Waals surface area contributed by atoms with E-state index in [-0.39, 0.29) is 0 Å². The molecule has 1 fully saturated rings. The highest BCUT2D eigenvalue weighted by Gasteiger charge is 2.20. The Labute approximate surface area is 176 Å². The van der Waals surface area contributed by atoms with Crippen LogP contribution in [0.15, 0.2) is 48.5 Å². The van der Waals surface area contributed by atoms with Crippen molar-refractivity contribution < 1.29 is 9.47 Å². The van der Waals surface area contributed by atoms with E-state index in [9.17, 15) is 0 Å². The topological polar surface area (TPSA) is 24.9 Å². The van der Waals surface area contributed by atoms with Crippen LogP contribution in [0.3, 0.4) is 0 Å². The highest BCUT2D eigenvalue weighted by atomic mass is 16.5. The van der Waals surface area contributed by atoms with Crippen LogP contribution in [0, 0.1) is 5.92 Å². The molecule has 0 radical (unpaired) electrons. The van der Waals surface area contributed by atoms with Crippen LogP contribution in [0.25, 0.3) is 0 Å². The van der Waals surface area contributed by atoms with Gasteiger partial charge in [-0.1, -0.05) is 36.4 Å². The molecule has 0 unspecified atom stereocenters. The van der Waals surface area contributed by atoms with Crippen molar-refractivity contribution in [2.75, 3.05) is 46.9 Å². The molecule has 158 valence electrons. The molecule has 29 heavy (non-hydrogen) atoms. The van der Waals surface area contributed by atoms with E-state index in [1.165, 1.54) is 37.1 Å². The summed E-state index contributed by atoms with van der Waals surface area (Å²) in [5, 5.41) is 0. The van der Waals surface area contributed by atoms with E-state index in [0.717, 1.165) is 43.5 Å². The predicted octanol–water partition coefficient (Wildman–Crippen LogP) is 4.48. The van der Waals surface area contributed by atoms with E-state index in [2.05, 4.69) is 59.3 Å². The van der Waals surface area contributed by atoms with Crippen molar-refractivity contribution in [2.24, 2.45) is 5.92 Å². The lowest BCUT2D eigenvalue weighted by atomic mass is 9.97. The first-order chi connectivity index (χ1) is 14.2. The van der Waals surface area contributed by atoms with Crippen LogP contribution < -0.4 is 9.47 Å². The molecule has 2 aromatic rings. The van der Waals surface area contributed by atoms with Crippen LogP contribution >= 0.6 is 0 Å². The number of likely N-dealkylation sites (tertiary alicyclic amines) is 1. The average molecular weight is 397 g/mol. The lowest BCUT2D eigenvalue weighted by Crippen LogP contribution is -2.39. The summed E-state index contributed by atoms with van der Waals surface area (Å²) < 4.78 is 11.2. The Kier molecular flexibility index (Phi) is 8.38. The lowest BCUT2D eigenvalue weighted by Gasteiger charge is -2.34. The number of hydrogen-bond acceptors (Lipinski definition) is 4. The Hall–Kier alpha value is -2.04. The van der Waals surface area contributed by atoms with Gasteiger partial charge in [-0.05, 0) is 69.0 Å². The number of rotatable bonds is 10. The third-order valence-corrected chi connectivity index (χ3v) is 5.73. The van der Waals surface area contributed by atoms with Crippen molar-refractivity contribution in [1.29, 1.82) is 0 Å². The Balaban J connectivity index is 1.70. The van der Waals surface area contributed by atoms with Crippen LogP contribution in [0.1, 0.15) is 30.9 Å². The fourth-order valence-corrected chi connectivity index (χ4v) is 4.30. The maximum atomic E-state index is 5.79. The summed E-state index contributed by atoms with van der Waals surface area (Å²) in [4.78, 5) is 5.10. The first-order valence-electron chi connectivity index (χ1n) is 10.9. The molecule has 3 rings (SSSR count). The van der Waals surface area contributed by atoms with E-state index >= 15 is 0 Å². The molecule has 0 amide bonds. The fourth-order valence-electron chi connectivity index (χ4n) is 4.30. The average Bonchev–Trinajstić information content (AvgIpc) is 2.73. The zero-order chi connectivity index (χ0) is 20.5. The number of methoxy groups -OCH3 is 1. The molecule has 4 nitrogen and oxygen atoms in total. The van der Waals surface area contributed by atoms with Gasteiger partial charge in [-0.15, -0.1) is 0 Å². The van der Waals surface area contributed by atoms with Gasteiger partial charge in [0.15, 0.2) is 11.5 Å². The van der Waals surface area contributed by atoms with E-state index in [0.29, 0.717) is 6.61 Å². The molecule has 1 aliphatic rings. The van der Waals surface area contributed by atoms with Crippen LogP contribution in [0.4, 0.5) is 0 Å². The van der Waals surface area contributed by atoms with Crippen LogP contribution in [0.5, 0.6) is 11.5 Å². The summed E-state index contributed by atoms with van der Waals surface area (Å²) in [7, 11) is 3.95. The number of hydrogen-bond donors (Lipinski definition) is 0. The van der Waals surface area contributed by atoms with Crippen LogP contribution in [-0.2, 0) is 13.0 Å². The van der Waals surface area contributed by atoms with Gasteiger partial charge >= 0.3 is 0 Å². The fraction of sp³-hybridized carbons (Fsp3) is 0.520. The molecule has 0 N–H and O–H groups in total. The van der Waals surface area contributed by atoms with Gasteiger partial charge in [0.25, 0.3) is 0 Å². The van der Waals surface area contributed by atoms with Crippen LogP contribution in [0.2, 0.25) is 0 Å². The summed E-state index contributed by atoms with van der Waals surface area (Å²) in [5.74, 6) is 2.39. The summed E-state index contributed by atoms with van der Waals surface area (Å²) in [6.07, 6.45) is 3.72. The van der Waals surface area contributed by atoms with E-state index in [1.807, 2.05) is 13.0 Å². The SMILES string of the molecule is CCOc1cc(CN(CCc2ccccc2)C[C@@H]2CCCN(C)C2)ccc1OC. The summed E-state index contributed by atoms with van der Waals surface area (Å²) in [5.41, 5.74) is 2.69. The Morgan fingerprint density at radius 1 is 1.07 bits per heavy atom. The first kappa shape index (κ1) is 21.7. The molecule has 0 saturated carbocycles. The minimum Gasteiger partial charge on any atom is -0.493 e. The first-order valence-corrected chi connectivity index (χ1v) is 10.9. The molecule has 0 spiro atoms. The standard InChI is InChI=1S/C25H36N2O2/c1-4-29-25-17-22(12-13-24(25)28-3)19-27(16-14-21-9-6-5-7-10-21)20-23-11-8-15-26(2)18-23/h5-7,9-10,12-13,17,23H,4,8,11,14-16,18-20H2,1-3H3/t23-/m1/s1.